The summed E-state index contributed by atoms with van der Waals surface area (Å²) in [6, 6.07) is 10.8. The Bertz CT molecular complexity index is 2230. The van der Waals surface area contributed by atoms with Crippen LogP contribution in [-0.4, -0.2) is 3.21 Å². The van der Waals surface area contributed by atoms with Crippen molar-refractivity contribution in [2.24, 2.45) is 43.8 Å². The van der Waals surface area contributed by atoms with Crippen LogP contribution in [0.3, 0.4) is 0 Å². The van der Waals surface area contributed by atoms with Crippen LogP contribution in [0.2, 0.25) is 3.63 Å². The van der Waals surface area contributed by atoms with Crippen LogP contribution in [0.15, 0.2) is 142 Å². The van der Waals surface area contributed by atoms with Crippen molar-refractivity contribution in [1.29, 1.82) is 0 Å². The second-order valence-corrected chi connectivity index (χ2v) is 24.6. The van der Waals surface area contributed by atoms with E-state index in [9.17, 15) is 26.3 Å². The third-order valence-electron chi connectivity index (χ3n) is 17.2. The average molecular weight is 917 g/mol. The van der Waals surface area contributed by atoms with Crippen LogP contribution in [0.4, 0.5) is 26.3 Å². The van der Waals surface area contributed by atoms with Gasteiger partial charge in [0, 0.05) is 0 Å². The Balaban J connectivity index is 0.00000283. The van der Waals surface area contributed by atoms with Crippen molar-refractivity contribution in [3.63, 3.8) is 0 Å². The van der Waals surface area contributed by atoms with Gasteiger partial charge >= 0.3 is 337 Å². The first kappa shape index (κ1) is 44.8. The molecule has 9 heteroatoms. The fourth-order valence-corrected chi connectivity index (χ4v) is 24.8. The minimum Gasteiger partial charge on any atom is -0.147 e. The van der Waals surface area contributed by atoms with E-state index in [0.29, 0.717) is 17.5 Å². The van der Waals surface area contributed by atoms with Gasteiger partial charge in [0.1, 0.15) is 0 Å². The summed E-state index contributed by atoms with van der Waals surface area (Å²) in [6.07, 6.45) is 23.6. The fraction of sp³-hybridized carbons (Fsp3) is 0.408. The summed E-state index contributed by atoms with van der Waals surface area (Å²) in [7, 11) is 0. The van der Waals surface area contributed by atoms with Crippen molar-refractivity contribution >= 4 is 28.0 Å². The van der Waals surface area contributed by atoms with Crippen LogP contribution in [0.1, 0.15) is 84.1 Å². The predicted molar refractivity (Wildman–Crippen MR) is 226 cm³/mol. The number of alkyl halides is 6. The molecule has 6 aliphatic rings. The number of halogens is 8. The molecule has 0 aliphatic heterocycles. The number of benzene rings is 2. The number of allylic oxidation sites excluding steroid dienone is 16. The van der Waals surface area contributed by atoms with Gasteiger partial charge in [0.05, 0.1) is 0 Å². The van der Waals surface area contributed by atoms with Gasteiger partial charge in [0.15, 0.2) is 0 Å². The Morgan fingerprint density at radius 3 is 1.48 bits per heavy atom. The molecule has 308 valence electrons. The first-order valence-electron chi connectivity index (χ1n) is 19.6. The first-order valence-corrected chi connectivity index (χ1v) is 23.5. The van der Waals surface area contributed by atoms with E-state index >= 15 is 0 Å². The maximum Gasteiger partial charge on any atom is -0.147 e. The Kier molecular flexibility index (Phi) is 10.9. The number of fused-ring (bicyclic) bond motifs is 8. The standard InChI is InChI=1S/C29H37.C15H8F6.C5H5.2ClH.Zr/c1-21-14-13-15-22-20-27(6)25(4)18-10-9-16-23(25,2)24(3)17-11-12-19-26(24,5)29(27,8)28(21,22)7;16-14(17,18)12-5-1-10(2-6-12)9-11-3-7-13(8-4-11)15(19,20)21;1-2-4-5-3-1;;;/h9-20,22H,1-8H3;1-8H;1-3H,4H2;2*1H;. The normalized spacial score (nSPS) is 37.8. The van der Waals surface area contributed by atoms with Crippen LogP contribution in [0, 0.1) is 43.8 Å². The zero-order chi connectivity index (χ0) is 40.5. The van der Waals surface area contributed by atoms with Gasteiger partial charge in [-0.25, -0.2) is 0 Å². The molecule has 0 N–H and O–H groups in total. The Morgan fingerprint density at radius 1 is 0.586 bits per heavy atom. The molecule has 58 heavy (non-hydrogen) atoms. The first-order chi connectivity index (χ1) is 26.1. The third-order valence-corrected chi connectivity index (χ3v) is 26.4. The van der Waals surface area contributed by atoms with Crippen LogP contribution in [0.5, 0.6) is 0 Å². The summed E-state index contributed by atoms with van der Waals surface area (Å²) < 4.78 is 86.8. The Labute approximate surface area is 359 Å². The van der Waals surface area contributed by atoms with Crippen LogP contribution >= 0.6 is 24.8 Å². The van der Waals surface area contributed by atoms with Crippen molar-refractivity contribution in [3.8, 4) is 0 Å². The van der Waals surface area contributed by atoms with Gasteiger partial charge in [-0.15, -0.1) is 24.8 Å². The van der Waals surface area contributed by atoms with Gasteiger partial charge < -0.3 is 0 Å². The number of hydrogen-bond donors (Lipinski definition) is 0. The molecular weight excluding hydrogens is 865 g/mol. The van der Waals surface area contributed by atoms with E-state index < -0.39 is 61.0 Å². The fourth-order valence-electron chi connectivity index (χ4n) is 13.5. The van der Waals surface area contributed by atoms with Crippen molar-refractivity contribution in [3.05, 3.63) is 165 Å². The van der Waals surface area contributed by atoms with E-state index in [4.69, 9.17) is 0 Å². The van der Waals surface area contributed by atoms with E-state index in [0.717, 1.165) is 27.5 Å². The zero-order valence-electron chi connectivity index (χ0n) is 34.1. The van der Waals surface area contributed by atoms with Crippen LogP contribution in [0.25, 0.3) is 0 Å². The summed E-state index contributed by atoms with van der Waals surface area (Å²) in [6.45, 7) is 19.6. The molecule has 0 nitrogen and oxygen atoms in total. The average Bonchev–Trinajstić information content (AvgIpc) is 3.74. The second kappa shape index (κ2) is 14.2. The molecule has 0 amide bonds. The molecule has 9 atom stereocenters. The molecule has 0 spiro atoms. The van der Waals surface area contributed by atoms with Crippen molar-refractivity contribution in [1.82, 2.24) is 0 Å². The van der Waals surface area contributed by atoms with E-state index in [1.165, 1.54) is 8.85 Å². The Hall–Kier alpha value is -2.73. The van der Waals surface area contributed by atoms with Crippen molar-refractivity contribution in [2.75, 3.05) is 0 Å². The van der Waals surface area contributed by atoms with E-state index in [1.807, 2.05) is 0 Å². The van der Waals surface area contributed by atoms with Gasteiger partial charge in [-0.1, -0.05) is 0 Å². The van der Waals surface area contributed by atoms with Crippen molar-refractivity contribution in [2.45, 2.75) is 77.8 Å². The van der Waals surface area contributed by atoms with E-state index in [2.05, 4.69) is 140 Å². The van der Waals surface area contributed by atoms with E-state index in [-0.39, 0.29) is 56.0 Å². The maximum atomic E-state index is 14.1. The van der Waals surface area contributed by atoms with Gasteiger partial charge in [0.25, 0.3) is 0 Å². The molecular formula is C49H52Cl2F6Zr. The third kappa shape index (κ3) is 5.33. The summed E-state index contributed by atoms with van der Waals surface area (Å²) in [5.41, 5.74) is -1.61. The van der Waals surface area contributed by atoms with Gasteiger partial charge in [-0.05, 0) is 0 Å². The maximum absolute atomic E-state index is 14.1. The van der Waals surface area contributed by atoms with Gasteiger partial charge in [-0.2, -0.15) is 0 Å². The molecule has 2 saturated carbocycles. The van der Waals surface area contributed by atoms with Crippen molar-refractivity contribution < 1.29 is 47.6 Å². The molecule has 9 unspecified atom stereocenters. The van der Waals surface area contributed by atoms with Gasteiger partial charge in [-0.3, -0.25) is 0 Å². The zero-order valence-corrected chi connectivity index (χ0v) is 38.2. The Morgan fingerprint density at radius 2 is 1.03 bits per heavy atom. The molecule has 6 aliphatic carbocycles. The molecule has 0 aromatic heterocycles. The van der Waals surface area contributed by atoms with Crippen LogP contribution in [-0.2, 0) is 33.6 Å². The molecule has 0 saturated heterocycles. The molecule has 2 aromatic rings. The smallest absolute Gasteiger partial charge is 0.147 e. The molecule has 0 heterocycles. The molecule has 2 aromatic carbocycles. The summed E-state index contributed by atoms with van der Waals surface area (Å²) in [5, 5.41) is 0. The molecule has 8 rings (SSSR count). The monoisotopic (exact) mass is 914 g/mol. The molecule has 0 bridgehead atoms. The largest absolute Gasteiger partial charge is 0.147 e. The van der Waals surface area contributed by atoms with E-state index in [1.54, 1.807) is 24.3 Å². The molecule has 0 radical (unpaired) electrons. The van der Waals surface area contributed by atoms with Crippen LogP contribution < -0.4 is 0 Å². The minimum atomic E-state index is -4.53. The minimum absolute atomic E-state index is 0. The summed E-state index contributed by atoms with van der Waals surface area (Å²) >= 11 is -3.61. The second-order valence-electron chi connectivity index (χ2n) is 18.3. The SMILES string of the molecule is CC1=CC=CC2[CH]([Zr]([C]3=CC=CC3)=[C](c3ccc(C(F)(F)F)cc3)c3ccc(C(F)(F)F)cc3)C3(C)C4(C)C=CC=CC4(C)C4(C)C=CC=CC4(C)C3(C)C12C.Cl.Cl. The topological polar surface area (TPSA) is 0 Å². The summed E-state index contributed by atoms with van der Waals surface area (Å²) in [5.74, 6) is 0.0381. The number of hydrogen-bond acceptors (Lipinski definition) is 0. The van der Waals surface area contributed by atoms with Gasteiger partial charge in [0.2, 0.25) is 0 Å². The number of rotatable bonds is 4. The quantitative estimate of drug-likeness (QED) is 0.268. The molecule has 2 fully saturated rings. The predicted octanol–water partition coefficient (Wildman–Crippen LogP) is 14.8. The summed E-state index contributed by atoms with van der Waals surface area (Å²) in [4.78, 5) is 0.